The Morgan fingerprint density at radius 2 is 1.83 bits per heavy atom. The zero-order valence-corrected chi connectivity index (χ0v) is 17.9. The zero-order valence-electron chi connectivity index (χ0n) is 16.4. The van der Waals surface area contributed by atoms with Gasteiger partial charge in [-0.05, 0) is 17.7 Å². The SMILES string of the molecule is CC.O=NCc1nnc2[nH]cc3c2c1-c1ccccc1NC3c1cccc(Cl)c1Cl. The van der Waals surface area contributed by atoms with Crippen LogP contribution in [0.1, 0.15) is 36.7 Å². The third-order valence-electron chi connectivity index (χ3n) is 5.01. The van der Waals surface area contributed by atoms with Gasteiger partial charge in [0.05, 0.1) is 21.8 Å². The van der Waals surface area contributed by atoms with E-state index in [0.29, 0.717) is 21.4 Å². The van der Waals surface area contributed by atoms with Gasteiger partial charge in [-0.25, -0.2) is 0 Å². The van der Waals surface area contributed by atoms with Crippen LogP contribution in [-0.2, 0) is 6.54 Å². The molecule has 0 spiro atoms. The van der Waals surface area contributed by atoms with Gasteiger partial charge < -0.3 is 10.3 Å². The van der Waals surface area contributed by atoms with Crippen LogP contribution in [0.3, 0.4) is 0 Å². The maximum absolute atomic E-state index is 11.0. The predicted octanol–water partition coefficient (Wildman–Crippen LogP) is 6.74. The number of rotatable bonds is 3. The molecule has 1 atom stereocenters. The lowest BCUT2D eigenvalue weighted by molar-refractivity contribution is 0.914. The summed E-state index contributed by atoms with van der Waals surface area (Å²) in [5.41, 5.74) is 5.67. The summed E-state index contributed by atoms with van der Waals surface area (Å²) < 4.78 is 0. The van der Waals surface area contributed by atoms with Gasteiger partial charge in [0.25, 0.3) is 0 Å². The van der Waals surface area contributed by atoms with Crippen LogP contribution in [0, 0.1) is 4.91 Å². The number of aromatic nitrogens is 3. The van der Waals surface area contributed by atoms with Gasteiger partial charge >= 0.3 is 0 Å². The minimum absolute atomic E-state index is 0.0557. The van der Waals surface area contributed by atoms with Crippen LogP contribution in [-0.4, -0.2) is 15.2 Å². The predicted molar refractivity (Wildman–Crippen MR) is 122 cm³/mol. The van der Waals surface area contributed by atoms with Crippen LogP contribution in [0.15, 0.2) is 53.8 Å². The van der Waals surface area contributed by atoms with Crippen molar-refractivity contribution in [3.63, 3.8) is 0 Å². The van der Waals surface area contributed by atoms with Gasteiger partial charge in [0, 0.05) is 34.0 Å². The van der Waals surface area contributed by atoms with Crippen molar-refractivity contribution in [1.82, 2.24) is 15.2 Å². The number of H-pyrrole nitrogens is 1. The Balaban J connectivity index is 0.00000106. The van der Waals surface area contributed by atoms with Crippen molar-refractivity contribution in [2.45, 2.75) is 26.4 Å². The molecule has 30 heavy (non-hydrogen) atoms. The van der Waals surface area contributed by atoms with E-state index in [1.54, 1.807) is 6.07 Å². The number of fused-ring (bicyclic) bond motifs is 2. The van der Waals surface area contributed by atoms with Gasteiger partial charge in [0.2, 0.25) is 0 Å². The molecule has 2 aromatic heterocycles. The Morgan fingerprint density at radius 1 is 1.03 bits per heavy atom. The number of aromatic amines is 1. The Hall–Kier alpha value is -2.96. The highest BCUT2D eigenvalue weighted by atomic mass is 35.5. The molecule has 1 aliphatic rings. The number of benzene rings is 2. The second-order valence-corrected chi connectivity index (χ2v) is 7.33. The van der Waals surface area contributed by atoms with Crippen molar-refractivity contribution in [2.24, 2.45) is 5.18 Å². The fourth-order valence-electron chi connectivity index (χ4n) is 3.81. The molecule has 4 aromatic rings. The van der Waals surface area contributed by atoms with Crippen LogP contribution >= 0.6 is 23.2 Å². The molecule has 0 bridgehead atoms. The molecule has 0 fully saturated rings. The van der Waals surface area contributed by atoms with E-state index in [4.69, 9.17) is 23.2 Å². The third kappa shape index (κ3) is 3.22. The molecule has 2 aromatic carbocycles. The molecule has 3 heterocycles. The molecule has 0 saturated carbocycles. The summed E-state index contributed by atoms with van der Waals surface area (Å²) in [4.78, 5) is 14.2. The minimum Gasteiger partial charge on any atom is -0.374 e. The molecular weight excluding hydrogens is 421 g/mol. The highest BCUT2D eigenvalue weighted by molar-refractivity contribution is 6.42. The number of nitrogens with one attached hydrogen (secondary N) is 2. The normalized spacial score (nSPS) is 14.2. The van der Waals surface area contributed by atoms with E-state index in [1.165, 1.54) is 0 Å². The quantitative estimate of drug-likeness (QED) is 0.346. The van der Waals surface area contributed by atoms with Crippen molar-refractivity contribution in [1.29, 1.82) is 0 Å². The van der Waals surface area contributed by atoms with Crippen LogP contribution in [0.4, 0.5) is 5.69 Å². The van der Waals surface area contributed by atoms with E-state index < -0.39 is 0 Å². The van der Waals surface area contributed by atoms with Gasteiger partial charge in [-0.15, -0.1) is 5.10 Å². The van der Waals surface area contributed by atoms with Crippen LogP contribution in [0.2, 0.25) is 10.0 Å². The number of hydrogen-bond acceptors (Lipinski definition) is 5. The molecule has 0 amide bonds. The number of para-hydroxylation sites is 1. The molecule has 8 heteroatoms. The number of halogens is 2. The molecule has 6 nitrogen and oxygen atoms in total. The average molecular weight is 440 g/mol. The smallest absolute Gasteiger partial charge is 0.160 e. The average Bonchev–Trinajstić information content (AvgIpc) is 3.14. The lowest BCUT2D eigenvalue weighted by atomic mass is 9.96. The summed E-state index contributed by atoms with van der Waals surface area (Å²) in [5, 5.41) is 17.0. The molecule has 1 unspecified atom stereocenters. The minimum atomic E-state index is -0.261. The monoisotopic (exact) mass is 439 g/mol. The van der Waals surface area contributed by atoms with E-state index >= 15 is 0 Å². The number of anilines is 1. The number of nitroso groups, excluding NO2 is 1. The Labute approximate surface area is 183 Å². The summed E-state index contributed by atoms with van der Waals surface area (Å²) in [6, 6.07) is 13.2. The van der Waals surface area contributed by atoms with Gasteiger partial charge in [0.15, 0.2) is 5.65 Å². The first-order valence-electron chi connectivity index (χ1n) is 9.64. The first-order valence-corrected chi connectivity index (χ1v) is 10.4. The molecule has 152 valence electrons. The largest absolute Gasteiger partial charge is 0.374 e. The first-order chi connectivity index (χ1) is 14.7. The van der Waals surface area contributed by atoms with Crippen molar-refractivity contribution >= 4 is 39.9 Å². The van der Waals surface area contributed by atoms with Gasteiger partial charge in [0.1, 0.15) is 6.54 Å². The number of nitrogens with zero attached hydrogens (tertiary/aromatic N) is 3. The van der Waals surface area contributed by atoms with Crippen molar-refractivity contribution in [2.75, 3.05) is 5.32 Å². The Kier molecular flexibility index (Phi) is 5.70. The molecule has 5 rings (SSSR count). The summed E-state index contributed by atoms with van der Waals surface area (Å²) in [7, 11) is 0. The molecule has 2 N–H and O–H groups in total. The van der Waals surface area contributed by atoms with Crippen LogP contribution < -0.4 is 5.32 Å². The molecule has 0 saturated heterocycles. The van der Waals surface area contributed by atoms with E-state index in [1.807, 2.05) is 56.4 Å². The fourth-order valence-corrected chi connectivity index (χ4v) is 4.23. The standard InChI is InChI=1S/C20H13Cl2N5O.C2H6/c21-13-6-3-5-11(18(13)22)19-12-8-23-20-17(12)16(15(9-24-28)26-27-20)10-4-1-2-7-14(10)25-19;1-2/h1-8,19,25H,9H2,(H,23,27);1-2H3. The molecule has 1 aliphatic heterocycles. The van der Waals surface area contributed by atoms with Crippen LogP contribution in [0.25, 0.3) is 22.2 Å². The molecule has 0 aliphatic carbocycles. The van der Waals surface area contributed by atoms with Crippen LogP contribution in [0.5, 0.6) is 0 Å². The maximum atomic E-state index is 11.0. The van der Waals surface area contributed by atoms with Crippen molar-refractivity contribution in [3.05, 3.63) is 80.4 Å². The summed E-state index contributed by atoms with van der Waals surface area (Å²) in [6.45, 7) is 3.94. The van der Waals surface area contributed by atoms with E-state index in [2.05, 4.69) is 25.7 Å². The van der Waals surface area contributed by atoms with Crippen molar-refractivity contribution in [3.8, 4) is 11.1 Å². The lowest BCUT2D eigenvalue weighted by Gasteiger charge is -2.21. The Morgan fingerprint density at radius 3 is 2.63 bits per heavy atom. The summed E-state index contributed by atoms with van der Waals surface area (Å²) in [6.07, 6.45) is 1.89. The van der Waals surface area contributed by atoms with E-state index in [-0.39, 0.29) is 12.6 Å². The highest BCUT2D eigenvalue weighted by Crippen LogP contribution is 2.46. The second kappa shape index (κ2) is 8.42. The van der Waals surface area contributed by atoms with Gasteiger partial charge in [-0.2, -0.15) is 10.0 Å². The van der Waals surface area contributed by atoms with Crippen molar-refractivity contribution < 1.29 is 0 Å². The summed E-state index contributed by atoms with van der Waals surface area (Å²) in [5.74, 6) is 0. The lowest BCUT2D eigenvalue weighted by Crippen LogP contribution is -2.12. The highest BCUT2D eigenvalue weighted by Gasteiger charge is 2.29. The fraction of sp³-hybridized carbons (Fsp3) is 0.182. The first kappa shape index (κ1) is 20.3. The maximum Gasteiger partial charge on any atom is 0.160 e. The summed E-state index contributed by atoms with van der Waals surface area (Å²) >= 11 is 12.8. The van der Waals surface area contributed by atoms with E-state index in [0.717, 1.165) is 33.3 Å². The van der Waals surface area contributed by atoms with Gasteiger partial charge in [-0.1, -0.05) is 72.6 Å². The second-order valence-electron chi connectivity index (χ2n) is 6.54. The zero-order chi connectivity index (χ0) is 21.3. The Bertz CT molecular complexity index is 1240. The number of hydrogen-bond donors (Lipinski definition) is 2. The van der Waals surface area contributed by atoms with E-state index in [9.17, 15) is 4.91 Å². The van der Waals surface area contributed by atoms with Gasteiger partial charge in [-0.3, -0.25) is 0 Å². The molecular formula is C22H19Cl2N5O. The third-order valence-corrected chi connectivity index (χ3v) is 5.85. The molecule has 0 radical (unpaired) electrons. The topological polar surface area (TPSA) is 83.0 Å².